The van der Waals surface area contributed by atoms with Crippen LogP contribution in [0.4, 0.5) is 10.7 Å². The number of amides is 1. The number of carbonyl (C=O) groups excluding carboxylic acids is 3. The van der Waals surface area contributed by atoms with Crippen LogP contribution in [0.2, 0.25) is 0 Å². The molecule has 0 bridgehead atoms. The zero-order valence-electron chi connectivity index (χ0n) is 32.2. The van der Waals surface area contributed by atoms with Crippen LogP contribution in [0.5, 0.6) is 0 Å². The minimum absolute atomic E-state index is 0.0301. The monoisotopic (exact) mass is 718 g/mol. The lowest BCUT2D eigenvalue weighted by atomic mass is 10.0. The number of fused-ring (bicyclic) bond motifs is 1. The first-order valence-electron chi connectivity index (χ1n) is 19.3. The lowest BCUT2D eigenvalue weighted by Gasteiger charge is -2.25. The number of nitrogens with one attached hydrogen (secondary N) is 3. The van der Waals surface area contributed by atoms with Crippen LogP contribution in [-0.4, -0.2) is 62.8 Å². The van der Waals surface area contributed by atoms with Crippen LogP contribution in [0.1, 0.15) is 157 Å². The Morgan fingerprint density at radius 3 is 1.94 bits per heavy atom. The van der Waals surface area contributed by atoms with Gasteiger partial charge >= 0.3 is 18.0 Å². The fraction of sp³-hybridized carbons (Fsp3) is 0.789. The highest BCUT2D eigenvalue weighted by Gasteiger charge is 2.29. The third-order valence-electron chi connectivity index (χ3n) is 8.74. The molecule has 0 aromatic carbocycles. The summed E-state index contributed by atoms with van der Waals surface area (Å²) in [5, 5.41) is 2.61. The summed E-state index contributed by atoms with van der Waals surface area (Å²) in [7, 11) is 0. The van der Waals surface area contributed by atoms with E-state index in [4.69, 9.17) is 19.9 Å². The highest BCUT2D eigenvalue weighted by atomic mass is 16.6. The van der Waals surface area contributed by atoms with E-state index >= 15 is 0 Å². The Balaban J connectivity index is 1.78. The zero-order valence-corrected chi connectivity index (χ0v) is 32.2. The van der Waals surface area contributed by atoms with Gasteiger partial charge in [0.1, 0.15) is 17.5 Å². The summed E-state index contributed by atoms with van der Waals surface area (Å²) in [6.07, 6.45) is 19.2. The first kappa shape index (κ1) is 43.5. The summed E-state index contributed by atoms with van der Waals surface area (Å²) in [5.74, 6) is -1.04. The predicted octanol–water partition coefficient (Wildman–Crippen LogP) is 7.67. The number of hydrogen-bond donors (Lipinski definition) is 4. The maximum absolute atomic E-state index is 13.1. The number of H-pyrrole nitrogens is 2. The molecule has 2 heterocycles. The van der Waals surface area contributed by atoms with Crippen LogP contribution in [0.15, 0.2) is 4.79 Å². The summed E-state index contributed by atoms with van der Waals surface area (Å²) in [6.45, 7) is 11.2. The molecule has 13 heteroatoms. The second-order valence-electron chi connectivity index (χ2n) is 15.1. The third-order valence-corrected chi connectivity index (χ3v) is 8.74. The number of hydrogen-bond acceptors (Lipinski definition) is 10. The number of unbranched alkanes of at least 4 members (excludes halogenated alkanes) is 14. The van der Waals surface area contributed by atoms with E-state index in [0.29, 0.717) is 18.7 Å². The molecule has 5 N–H and O–H groups in total. The summed E-state index contributed by atoms with van der Waals surface area (Å²) < 4.78 is 16.5. The SMILES string of the molecule is CCCCCCCCCCCCCCCCCC(=O)OCCC(COC(=O)[C@@H](NC(=O)OC(C)(C)C)C(C)C)Cc1nc2nc(N)[nH]c(=O)c2[nH]1. The molecule has 0 radical (unpaired) electrons. The summed E-state index contributed by atoms with van der Waals surface area (Å²) in [4.78, 5) is 64.2. The largest absolute Gasteiger partial charge is 0.466 e. The van der Waals surface area contributed by atoms with E-state index in [1.807, 2.05) is 0 Å². The van der Waals surface area contributed by atoms with E-state index in [0.717, 1.165) is 19.3 Å². The van der Waals surface area contributed by atoms with Crippen molar-refractivity contribution >= 4 is 35.1 Å². The average Bonchev–Trinajstić information content (AvgIpc) is 3.45. The lowest BCUT2D eigenvalue weighted by molar-refractivity contribution is -0.150. The molecule has 1 amide bonds. The molecule has 2 atom stereocenters. The van der Waals surface area contributed by atoms with Crippen molar-refractivity contribution in [1.82, 2.24) is 25.3 Å². The van der Waals surface area contributed by atoms with Gasteiger partial charge in [-0.25, -0.2) is 14.6 Å². The zero-order chi connectivity index (χ0) is 37.6. The number of aromatic nitrogens is 4. The molecule has 13 nitrogen and oxygen atoms in total. The Morgan fingerprint density at radius 2 is 1.39 bits per heavy atom. The van der Waals surface area contributed by atoms with Gasteiger partial charge in [-0.2, -0.15) is 4.98 Å². The van der Waals surface area contributed by atoms with Gasteiger partial charge in [-0.3, -0.25) is 14.6 Å². The standard InChI is InChI=1S/C38H66N6O7/c1-7-8-9-10-11-12-13-14-15-16-17-18-19-20-21-22-30(45)49-24-23-28(25-29-40-32-33(41-29)43-36(39)44-34(32)46)26-50-35(47)31(27(2)3)42-37(48)51-38(4,5)6/h27-28,31H,7-26H2,1-6H3,(H,42,48)(H4,39,40,41,43,44,46)/t28?,31-/m0/s1. The molecular formula is C38H66N6O7. The molecule has 0 saturated carbocycles. The Morgan fingerprint density at radius 1 is 0.824 bits per heavy atom. The summed E-state index contributed by atoms with van der Waals surface area (Å²) in [6, 6.07) is -0.926. The minimum Gasteiger partial charge on any atom is -0.466 e. The smallest absolute Gasteiger partial charge is 0.408 e. The molecule has 51 heavy (non-hydrogen) atoms. The molecule has 0 aliphatic heterocycles. The fourth-order valence-electron chi connectivity index (χ4n) is 5.86. The molecule has 0 aliphatic carbocycles. The Labute approximate surface area is 304 Å². The number of nitrogens with two attached hydrogens (primary N) is 1. The predicted molar refractivity (Wildman–Crippen MR) is 200 cm³/mol. The first-order chi connectivity index (χ1) is 24.3. The lowest BCUT2D eigenvalue weighted by Crippen LogP contribution is -2.47. The summed E-state index contributed by atoms with van der Waals surface area (Å²) >= 11 is 0. The molecule has 1 unspecified atom stereocenters. The van der Waals surface area contributed by atoms with Gasteiger partial charge in [0.15, 0.2) is 11.2 Å². The van der Waals surface area contributed by atoms with Gasteiger partial charge in [0.2, 0.25) is 5.95 Å². The van der Waals surface area contributed by atoms with Crippen LogP contribution in [0, 0.1) is 11.8 Å². The van der Waals surface area contributed by atoms with E-state index in [1.54, 1.807) is 34.6 Å². The Hall–Kier alpha value is -3.64. The molecule has 2 aromatic rings. The molecular weight excluding hydrogens is 652 g/mol. The molecule has 2 aromatic heterocycles. The quantitative estimate of drug-likeness (QED) is 0.0426. The second kappa shape index (κ2) is 23.8. The van der Waals surface area contributed by atoms with Crippen molar-refractivity contribution < 1.29 is 28.6 Å². The van der Waals surface area contributed by atoms with Crippen molar-refractivity contribution in [3.05, 3.63) is 16.2 Å². The number of nitrogens with zero attached hydrogens (tertiary/aromatic N) is 2. The number of imidazole rings is 1. The van der Waals surface area contributed by atoms with Gasteiger partial charge in [0, 0.05) is 18.8 Å². The number of anilines is 1. The second-order valence-corrected chi connectivity index (χ2v) is 15.1. The van der Waals surface area contributed by atoms with E-state index in [9.17, 15) is 19.2 Å². The van der Waals surface area contributed by atoms with Crippen LogP contribution in [0.3, 0.4) is 0 Å². The maximum Gasteiger partial charge on any atom is 0.408 e. The molecule has 0 spiro atoms. The number of carbonyl (C=O) groups is 3. The topological polar surface area (TPSA) is 191 Å². The number of ether oxygens (including phenoxy) is 3. The Bertz CT molecular complexity index is 1370. The fourth-order valence-corrected chi connectivity index (χ4v) is 5.86. The number of alkyl carbamates (subject to hydrolysis) is 1. The van der Waals surface area contributed by atoms with Gasteiger partial charge in [0.05, 0.1) is 13.2 Å². The van der Waals surface area contributed by atoms with Crippen molar-refractivity contribution in [3.63, 3.8) is 0 Å². The van der Waals surface area contributed by atoms with E-state index in [1.165, 1.54) is 77.0 Å². The van der Waals surface area contributed by atoms with Crippen LogP contribution < -0.4 is 16.6 Å². The minimum atomic E-state index is -0.926. The number of aromatic amines is 2. The highest BCUT2D eigenvalue weighted by molar-refractivity contribution is 5.81. The van der Waals surface area contributed by atoms with Gasteiger partial charge in [-0.05, 0) is 39.5 Å². The first-order valence-corrected chi connectivity index (χ1v) is 19.3. The van der Waals surface area contributed by atoms with Crippen molar-refractivity contribution in [2.24, 2.45) is 11.8 Å². The average molecular weight is 719 g/mol. The third kappa shape index (κ3) is 19.0. The van der Waals surface area contributed by atoms with Crippen molar-refractivity contribution in [2.75, 3.05) is 18.9 Å². The maximum atomic E-state index is 13.1. The number of esters is 2. The number of rotatable bonds is 26. The molecule has 290 valence electrons. The molecule has 0 saturated heterocycles. The van der Waals surface area contributed by atoms with E-state index in [-0.39, 0.29) is 54.6 Å². The van der Waals surface area contributed by atoms with Gasteiger partial charge in [-0.15, -0.1) is 0 Å². The van der Waals surface area contributed by atoms with Gasteiger partial charge < -0.3 is 30.2 Å². The van der Waals surface area contributed by atoms with Crippen LogP contribution in [0.25, 0.3) is 11.2 Å². The highest BCUT2D eigenvalue weighted by Crippen LogP contribution is 2.17. The van der Waals surface area contributed by atoms with E-state index < -0.39 is 29.3 Å². The van der Waals surface area contributed by atoms with E-state index in [2.05, 4.69) is 32.2 Å². The molecule has 0 aliphatic rings. The van der Waals surface area contributed by atoms with Crippen LogP contribution >= 0.6 is 0 Å². The van der Waals surface area contributed by atoms with Crippen LogP contribution in [-0.2, 0) is 30.2 Å². The summed E-state index contributed by atoms with van der Waals surface area (Å²) in [5.41, 5.74) is 4.87. The Kier molecular flexibility index (Phi) is 20.3. The normalized spacial score (nSPS) is 12.9. The molecule has 0 fully saturated rings. The number of nitrogen functional groups attached to an aromatic ring is 1. The van der Waals surface area contributed by atoms with Gasteiger partial charge in [-0.1, -0.05) is 111 Å². The van der Waals surface area contributed by atoms with Crippen molar-refractivity contribution in [1.29, 1.82) is 0 Å². The van der Waals surface area contributed by atoms with Crippen molar-refractivity contribution in [3.8, 4) is 0 Å². The molecule has 2 rings (SSSR count). The van der Waals surface area contributed by atoms with Gasteiger partial charge in [0.25, 0.3) is 5.56 Å². The van der Waals surface area contributed by atoms with Crippen molar-refractivity contribution in [2.45, 2.75) is 169 Å².